The Hall–Kier alpha value is -1.89. The highest BCUT2D eigenvalue weighted by Gasteiger charge is 2.30. The molecule has 7 heteroatoms. The SMILES string of the molecule is CN(C(=O)CN=C1NS(=O)(=O)c2ccccc21)C1CCCCC1. The molecule has 0 aromatic heterocycles. The fourth-order valence-corrected chi connectivity index (χ4v) is 4.43. The maximum atomic E-state index is 12.3. The van der Waals surface area contributed by atoms with Crippen molar-refractivity contribution in [2.24, 2.45) is 4.99 Å². The number of carbonyl (C=O) groups excluding carboxylic acids is 1. The molecule has 0 saturated heterocycles. The molecule has 1 amide bonds. The van der Waals surface area contributed by atoms with Crippen LogP contribution in [0.15, 0.2) is 34.2 Å². The van der Waals surface area contributed by atoms with Crippen LogP contribution in [0.3, 0.4) is 0 Å². The first-order valence-electron chi connectivity index (χ1n) is 7.91. The van der Waals surface area contributed by atoms with Crippen LogP contribution >= 0.6 is 0 Å². The number of amides is 1. The maximum absolute atomic E-state index is 12.3. The Balaban J connectivity index is 1.72. The van der Waals surface area contributed by atoms with Gasteiger partial charge in [0.05, 0.1) is 4.90 Å². The number of carbonyl (C=O) groups is 1. The van der Waals surface area contributed by atoms with E-state index in [1.54, 1.807) is 23.1 Å². The van der Waals surface area contributed by atoms with E-state index in [0.717, 1.165) is 25.7 Å². The van der Waals surface area contributed by atoms with Crippen molar-refractivity contribution in [2.45, 2.75) is 43.0 Å². The number of rotatable bonds is 3. The summed E-state index contributed by atoms with van der Waals surface area (Å²) in [6.45, 7) is -0.0425. The third kappa shape index (κ3) is 3.24. The third-order valence-corrected chi connectivity index (χ3v) is 5.95. The summed E-state index contributed by atoms with van der Waals surface area (Å²) in [6.07, 6.45) is 5.62. The van der Waals surface area contributed by atoms with Gasteiger partial charge in [-0.2, -0.15) is 0 Å². The minimum Gasteiger partial charge on any atom is -0.341 e. The number of aliphatic imine (C=N–C) groups is 1. The van der Waals surface area contributed by atoms with E-state index in [1.807, 2.05) is 7.05 Å². The van der Waals surface area contributed by atoms with Crippen LogP contribution in [0.5, 0.6) is 0 Å². The molecule has 1 aromatic rings. The average Bonchev–Trinajstić information content (AvgIpc) is 2.84. The summed E-state index contributed by atoms with van der Waals surface area (Å²) in [7, 11) is -1.74. The van der Waals surface area contributed by atoms with E-state index in [1.165, 1.54) is 12.5 Å². The number of likely N-dealkylation sites (N-methyl/N-ethyl adjacent to an activating group) is 1. The lowest BCUT2D eigenvalue weighted by Crippen LogP contribution is -2.39. The number of sulfonamides is 1. The summed E-state index contributed by atoms with van der Waals surface area (Å²) in [5.74, 6) is 0.180. The summed E-state index contributed by atoms with van der Waals surface area (Å²) in [5.41, 5.74) is 0.528. The van der Waals surface area contributed by atoms with Crippen LogP contribution in [0.25, 0.3) is 0 Å². The van der Waals surface area contributed by atoms with E-state index in [9.17, 15) is 13.2 Å². The van der Waals surface area contributed by atoms with Crippen LogP contribution in [-0.2, 0) is 14.8 Å². The van der Waals surface area contributed by atoms with Gasteiger partial charge in [0.25, 0.3) is 10.0 Å². The molecule has 1 aliphatic carbocycles. The molecule has 1 N–H and O–H groups in total. The van der Waals surface area contributed by atoms with Crippen molar-refractivity contribution in [3.63, 3.8) is 0 Å². The second-order valence-electron chi connectivity index (χ2n) is 6.06. The zero-order valence-electron chi connectivity index (χ0n) is 13.2. The van der Waals surface area contributed by atoms with E-state index in [-0.39, 0.29) is 29.2 Å². The van der Waals surface area contributed by atoms with Crippen LogP contribution in [0.1, 0.15) is 37.7 Å². The van der Waals surface area contributed by atoms with E-state index < -0.39 is 10.0 Å². The largest absolute Gasteiger partial charge is 0.341 e. The number of nitrogens with one attached hydrogen (secondary N) is 1. The van der Waals surface area contributed by atoms with E-state index in [0.29, 0.717) is 5.56 Å². The van der Waals surface area contributed by atoms with Gasteiger partial charge in [0, 0.05) is 18.7 Å². The highest BCUT2D eigenvalue weighted by atomic mass is 32.2. The van der Waals surface area contributed by atoms with Crippen molar-refractivity contribution >= 4 is 21.8 Å². The molecule has 0 bridgehead atoms. The molecular formula is C16H21N3O3S. The van der Waals surface area contributed by atoms with Gasteiger partial charge in [0.1, 0.15) is 12.4 Å². The van der Waals surface area contributed by atoms with Gasteiger partial charge in [-0.15, -0.1) is 0 Å². The highest BCUT2D eigenvalue weighted by Crippen LogP contribution is 2.23. The average molecular weight is 335 g/mol. The first kappa shape index (κ1) is 16.0. The molecule has 0 radical (unpaired) electrons. The van der Waals surface area contributed by atoms with Crippen molar-refractivity contribution in [3.05, 3.63) is 29.8 Å². The minimum atomic E-state index is -3.55. The second kappa shape index (κ2) is 6.31. The van der Waals surface area contributed by atoms with Gasteiger partial charge < -0.3 is 4.90 Å². The van der Waals surface area contributed by atoms with Gasteiger partial charge >= 0.3 is 0 Å². The van der Waals surface area contributed by atoms with Gasteiger partial charge in [-0.1, -0.05) is 31.4 Å². The van der Waals surface area contributed by atoms with Crippen LogP contribution in [0.2, 0.25) is 0 Å². The Morgan fingerprint density at radius 1 is 1.26 bits per heavy atom. The first-order chi connectivity index (χ1) is 11.0. The van der Waals surface area contributed by atoms with Crippen LogP contribution in [0, 0.1) is 0 Å². The van der Waals surface area contributed by atoms with Crippen LogP contribution in [0.4, 0.5) is 0 Å². The zero-order chi connectivity index (χ0) is 16.4. The van der Waals surface area contributed by atoms with Crippen LogP contribution in [-0.4, -0.2) is 44.7 Å². The molecule has 0 unspecified atom stereocenters. The molecule has 6 nitrogen and oxygen atoms in total. The molecule has 0 spiro atoms. The number of fused-ring (bicyclic) bond motifs is 1. The highest BCUT2D eigenvalue weighted by molar-refractivity contribution is 7.90. The Kier molecular flexibility index (Phi) is 4.39. The molecule has 1 saturated carbocycles. The van der Waals surface area contributed by atoms with E-state index in [4.69, 9.17) is 0 Å². The second-order valence-corrected chi connectivity index (χ2v) is 7.71. The quantitative estimate of drug-likeness (QED) is 0.909. The number of hydrogen-bond acceptors (Lipinski definition) is 4. The predicted molar refractivity (Wildman–Crippen MR) is 87.8 cm³/mol. The van der Waals surface area contributed by atoms with Gasteiger partial charge in [-0.05, 0) is 25.0 Å². The molecule has 0 atom stereocenters. The maximum Gasteiger partial charge on any atom is 0.263 e. The number of hydrogen-bond donors (Lipinski definition) is 1. The lowest BCUT2D eigenvalue weighted by Gasteiger charge is -2.30. The summed E-state index contributed by atoms with van der Waals surface area (Å²) >= 11 is 0. The standard InChI is InChI=1S/C16H21N3O3S/c1-19(12-7-3-2-4-8-12)15(20)11-17-16-13-9-5-6-10-14(13)23(21,22)18-16/h5-6,9-10,12H,2-4,7-8,11H2,1H3,(H,17,18). The van der Waals surface area contributed by atoms with Crippen molar-refractivity contribution in [3.8, 4) is 0 Å². The molecule has 2 aliphatic rings. The molecular weight excluding hydrogens is 314 g/mol. The molecule has 23 heavy (non-hydrogen) atoms. The monoisotopic (exact) mass is 335 g/mol. The molecule has 124 valence electrons. The molecule has 1 fully saturated rings. The Bertz CT molecular complexity index is 737. The Labute approximate surface area is 136 Å². The Morgan fingerprint density at radius 2 is 1.96 bits per heavy atom. The van der Waals surface area contributed by atoms with Crippen molar-refractivity contribution in [1.29, 1.82) is 0 Å². The fourth-order valence-electron chi connectivity index (χ4n) is 3.18. The molecule has 1 heterocycles. The van der Waals surface area contributed by atoms with Crippen molar-refractivity contribution in [1.82, 2.24) is 9.62 Å². The van der Waals surface area contributed by atoms with Crippen molar-refractivity contribution in [2.75, 3.05) is 13.6 Å². The van der Waals surface area contributed by atoms with Gasteiger partial charge in [-0.3, -0.25) is 14.5 Å². The van der Waals surface area contributed by atoms with Crippen molar-refractivity contribution < 1.29 is 13.2 Å². The van der Waals surface area contributed by atoms with Gasteiger partial charge in [-0.25, -0.2) is 8.42 Å². The topological polar surface area (TPSA) is 78.8 Å². The molecule has 3 rings (SSSR count). The number of nitrogens with zero attached hydrogens (tertiary/aromatic N) is 2. The lowest BCUT2D eigenvalue weighted by atomic mass is 9.94. The lowest BCUT2D eigenvalue weighted by molar-refractivity contribution is -0.130. The summed E-state index contributed by atoms with van der Waals surface area (Å²) in [4.78, 5) is 18.5. The predicted octanol–water partition coefficient (Wildman–Crippen LogP) is 1.52. The normalized spacial score (nSPS) is 21.7. The number of benzene rings is 1. The summed E-state index contributed by atoms with van der Waals surface area (Å²) in [6, 6.07) is 6.94. The smallest absolute Gasteiger partial charge is 0.263 e. The third-order valence-electron chi connectivity index (χ3n) is 4.55. The van der Waals surface area contributed by atoms with E-state index in [2.05, 4.69) is 9.71 Å². The fraction of sp³-hybridized carbons (Fsp3) is 0.500. The summed E-state index contributed by atoms with van der Waals surface area (Å²) < 4.78 is 26.4. The molecule has 1 aromatic carbocycles. The number of amidine groups is 1. The van der Waals surface area contributed by atoms with Gasteiger partial charge in [0.2, 0.25) is 5.91 Å². The molecule has 1 aliphatic heterocycles. The van der Waals surface area contributed by atoms with Gasteiger partial charge in [0.15, 0.2) is 0 Å². The summed E-state index contributed by atoms with van der Waals surface area (Å²) in [5, 5.41) is 0. The van der Waals surface area contributed by atoms with E-state index >= 15 is 0 Å². The van der Waals surface area contributed by atoms with Crippen LogP contribution < -0.4 is 4.72 Å². The minimum absolute atomic E-state index is 0.0425. The Morgan fingerprint density at radius 3 is 2.70 bits per heavy atom. The first-order valence-corrected chi connectivity index (χ1v) is 9.40. The zero-order valence-corrected chi connectivity index (χ0v) is 14.0.